The van der Waals surface area contributed by atoms with E-state index in [1.165, 1.54) is 18.2 Å². The summed E-state index contributed by atoms with van der Waals surface area (Å²) >= 11 is 0. The molecule has 1 atom stereocenters. The minimum Gasteiger partial charge on any atom is -0.271 e. The number of hydrogen-bond donors (Lipinski definition) is 2. The van der Waals surface area contributed by atoms with Gasteiger partial charge >= 0.3 is 0 Å². The van der Waals surface area contributed by atoms with E-state index in [0.29, 0.717) is 11.1 Å². The van der Waals surface area contributed by atoms with E-state index in [-0.39, 0.29) is 11.6 Å². The molecule has 0 fully saturated rings. The van der Waals surface area contributed by atoms with Gasteiger partial charge in [-0.1, -0.05) is 30.3 Å². The lowest BCUT2D eigenvalue weighted by Gasteiger charge is -2.17. The molecule has 2 nitrogen and oxygen atoms in total. The summed E-state index contributed by atoms with van der Waals surface area (Å²) < 4.78 is 26.4. The van der Waals surface area contributed by atoms with E-state index in [4.69, 9.17) is 5.84 Å². The van der Waals surface area contributed by atoms with Crippen molar-refractivity contribution in [3.63, 3.8) is 0 Å². The molecule has 0 aliphatic heterocycles. The highest BCUT2D eigenvalue weighted by Crippen LogP contribution is 2.23. The maximum absolute atomic E-state index is 13.6. The second kappa shape index (κ2) is 5.03. The quantitative estimate of drug-likeness (QED) is 0.632. The number of nitrogens with one attached hydrogen (secondary N) is 1. The number of rotatable bonds is 3. The zero-order valence-electron chi connectivity index (χ0n) is 9.03. The Morgan fingerprint density at radius 2 is 1.59 bits per heavy atom. The molecule has 88 valence electrons. The first-order chi connectivity index (χ1) is 8.22. The first-order valence-electron chi connectivity index (χ1n) is 5.18. The van der Waals surface area contributed by atoms with Crippen LogP contribution in [0.3, 0.4) is 0 Å². The van der Waals surface area contributed by atoms with Gasteiger partial charge in [-0.05, 0) is 23.8 Å². The lowest BCUT2D eigenvalue weighted by Crippen LogP contribution is -2.29. The zero-order chi connectivity index (χ0) is 12.3. The third-order valence-corrected chi connectivity index (χ3v) is 2.59. The number of halogens is 2. The molecular weight excluding hydrogens is 222 g/mol. The zero-order valence-corrected chi connectivity index (χ0v) is 9.03. The molecule has 0 aliphatic carbocycles. The number of benzene rings is 2. The maximum Gasteiger partial charge on any atom is 0.128 e. The molecule has 17 heavy (non-hydrogen) atoms. The van der Waals surface area contributed by atoms with Crippen molar-refractivity contribution in [3.05, 3.63) is 71.3 Å². The fraction of sp³-hybridized carbons (Fsp3) is 0.0769. The van der Waals surface area contributed by atoms with Crippen LogP contribution in [0.25, 0.3) is 0 Å². The Morgan fingerprint density at radius 1 is 0.941 bits per heavy atom. The summed E-state index contributed by atoms with van der Waals surface area (Å²) in [7, 11) is 0. The fourth-order valence-electron chi connectivity index (χ4n) is 1.73. The van der Waals surface area contributed by atoms with Gasteiger partial charge in [0.15, 0.2) is 0 Å². The Balaban J connectivity index is 2.40. The fourth-order valence-corrected chi connectivity index (χ4v) is 1.73. The van der Waals surface area contributed by atoms with Gasteiger partial charge in [-0.25, -0.2) is 14.2 Å². The van der Waals surface area contributed by atoms with Crippen molar-refractivity contribution in [2.75, 3.05) is 0 Å². The van der Waals surface area contributed by atoms with E-state index < -0.39 is 6.04 Å². The van der Waals surface area contributed by atoms with Crippen LogP contribution in [-0.2, 0) is 0 Å². The largest absolute Gasteiger partial charge is 0.271 e. The van der Waals surface area contributed by atoms with Crippen molar-refractivity contribution >= 4 is 0 Å². The predicted octanol–water partition coefficient (Wildman–Crippen LogP) is 2.52. The third-order valence-electron chi connectivity index (χ3n) is 2.59. The summed E-state index contributed by atoms with van der Waals surface area (Å²) in [4.78, 5) is 0. The number of nitrogens with two attached hydrogens (primary N) is 1. The second-order valence-electron chi connectivity index (χ2n) is 3.67. The van der Waals surface area contributed by atoms with Gasteiger partial charge in [0.25, 0.3) is 0 Å². The topological polar surface area (TPSA) is 38.0 Å². The van der Waals surface area contributed by atoms with E-state index in [2.05, 4.69) is 5.43 Å². The summed E-state index contributed by atoms with van der Waals surface area (Å²) in [6.07, 6.45) is 0. The molecule has 2 rings (SSSR count). The van der Waals surface area contributed by atoms with Crippen LogP contribution in [0, 0.1) is 11.6 Å². The van der Waals surface area contributed by atoms with Crippen LogP contribution in [0.5, 0.6) is 0 Å². The summed E-state index contributed by atoms with van der Waals surface area (Å²) in [5.74, 6) is 4.75. The Hall–Kier alpha value is -1.78. The molecule has 0 saturated heterocycles. The van der Waals surface area contributed by atoms with E-state index in [0.717, 1.165) is 0 Å². The maximum atomic E-state index is 13.6. The van der Waals surface area contributed by atoms with E-state index >= 15 is 0 Å². The van der Waals surface area contributed by atoms with E-state index in [9.17, 15) is 8.78 Å². The Labute approximate surface area is 98.0 Å². The van der Waals surface area contributed by atoms with Gasteiger partial charge in [0.05, 0.1) is 6.04 Å². The average Bonchev–Trinajstić information content (AvgIpc) is 2.35. The average molecular weight is 234 g/mol. The SMILES string of the molecule is NN[C@@H](c1ccc(F)cc1)c1ccccc1F. The third kappa shape index (κ3) is 2.49. The molecule has 0 radical (unpaired) electrons. The summed E-state index contributed by atoms with van der Waals surface area (Å²) in [5, 5.41) is 0. The Morgan fingerprint density at radius 3 is 2.18 bits per heavy atom. The van der Waals surface area contributed by atoms with Gasteiger partial charge in [-0.2, -0.15) is 0 Å². The minimum atomic E-state index is -0.489. The lowest BCUT2D eigenvalue weighted by molar-refractivity contribution is 0.559. The van der Waals surface area contributed by atoms with Crippen molar-refractivity contribution in [3.8, 4) is 0 Å². The molecule has 4 heteroatoms. The first-order valence-corrected chi connectivity index (χ1v) is 5.18. The van der Waals surface area contributed by atoms with Crippen LogP contribution in [0.1, 0.15) is 17.2 Å². The van der Waals surface area contributed by atoms with Crippen LogP contribution < -0.4 is 11.3 Å². The molecule has 0 amide bonds. The van der Waals surface area contributed by atoms with Gasteiger partial charge in [0.1, 0.15) is 11.6 Å². The summed E-state index contributed by atoms with van der Waals surface area (Å²) in [6.45, 7) is 0. The van der Waals surface area contributed by atoms with Crippen LogP contribution in [0.15, 0.2) is 48.5 Å². The lowest BCUT2D eigenvalue weighted by atomic mass is 9.99. The van der Waals surface area contributed by atoms with Gasteiger partial charge in [0, 0.05) is 5.56 Å². The first kappa shape index (κ1) is 11.7. The Bertz CT molecular complexity index is 497. The standard InChI is InChI=1S/C13H12F2N2/c14-10-7-5-9(6-8-10)13(17-16)11-3-1-2-4-12(11)15/h1-8,13,17H,16H2/t13-/m0/s1. The van der Waals surface area contributed by atoms with E-state index in [1.807, 2.05) is 0 Å². The molecule has 0 spiro atoms. The number of hydrogen-bond acceptors (Lipinski definition) is 2. The van der Waals surface area contributed by atoms with E-state index in [1.54, 1.807) is 30.3 Å². The van der Waals surface area contributed by atoms with Gasteiger partial charge in [0.2, 0.25) is 0 Å². The molecule has 0 saturated carbocycles. The highest BCUT2D eigenvalue weighted by Gasteiger charge is 2.15. The second-order valence-corrected chi connectivity index (χ2v) is 3.67. The molecule has 0 unspecified atom stereocenters. The molecular formula is C13H12F2N2. The van der Waals surface area contributed by atoms with Crippen molar-refractivity contribution in [1.29, 1.82) is 0 Å². The normalized spacial score (nSPS) is 12.4. The highest BCUT2D eigenvalue weighted by molar-refractivity contribution is 5.32. The van der Waals surface area contributed by atoms with Crippen LogP contribution >= 0.6 is 0 Å². The molecule has 0 aromatic heterocycles. The van der Waals surface area contributed by atoms with Crippen molar-refractivity contribution in [2.24, 2.45) is 5.84 Å². The smallest absolute Gasteiger partial charge is 0.128 e. The van der Waals surface area contributed by atoms with Crippen LogP contribution in [0.2, 0.25) is 0 Å². The monoisotopic (exact) mass is 234 g/mol. The molecule has 0 heterocycles. The van der Waals surface area contributed by atoms with Crippen LogP contribution in [-0.4, -0.2) is 0 Å². The van der Waals surface area contributed by atoms with Crippen molar-refractivity contribution < 1.29 is 8.78 Å². The summed E-state index contributed by atoms with van der Waals surface area (Å²) in [6, 6.07) is 11.6. The van der Waals surface area contributed by atoms with Crippen LogP contribution in [0.4, 0.5) is 8.78 Å². The predicted molar refractivity (Wildman–Crippen MR) is 62.0 cm³/mol. The Kier molecular flexibility index (Phi) is 3.46. The van der Waals surface area contributed by atoms with Gasteiger partial charge in [-0.15, -0.1) is 0 Å². The molecule has 2 aromatic rings. The van der Waals surface area contributed by atoms with Gasteiger partial charge < -0.3 is 0 Å². The van der Waals surface area contributed by atoms with Crippen molar-refractivity contribution in [1.82, 2.24) is 5.43 Å². The van der Waals surface area contributed by atoms with Crippen molar-refractivity contribution in [2.45, 2.75) is 6.04 Å². The molecule has 2 aromatic carbocycles. The summed E-state index contributed by atoms with van der Waals surface area (Å²) in [5.41, 5.74) is 3.67. The highest BCUT2D eigenvalue weighted by atomic mass is 19.1. The molecule has 0 aliphatic rings. The number of hydrazine groups is 1. The molecule has 0 bridgehead atoms. The minimum absolute atomic E-state index is 0.335. The molecule has 3 N–H and O–H groups in total. The van der Waals surface area contributed by atoms with Gasteiger partial charge in [-0.3, -0.25) is 5.84 Å².